The molecule has 0 aromatic carbocycles. The summed E-state index contributed by atoms with van der Waals surface area (Å²) >= 11 is 0. The van der Waals surface area contributed by atoms with Crippen LogP contribution in [0.1, 0.15) is 136 Å². The number of rotatable bonds is 19. The normalized spacial score (nSPS) is 18.5. The van der Waals surface area contributed by atoms with Gasteiger partial charge in [-0.1, -0.05) is 34.1 Å². The molecule has 0 aliphatic heterocycles. The van der Waals surface area contributed by atoms with E-state index in [4.69, 9.17) is 31.4 Å². The van der Waals surface area contributed by atoms with E-state index in [9.17, 15) is 0 Å². The topological polar surface area (TPSA) is 106 Å². The lowest BCUT2D eigenvalue weighted by molar-refractivity contribution is -0.131. The maximum atomic E-state index is 6.60. The third-order valence-electron chi connectivity index (χ3n) is 9.13. The first-order chi connectivity index (χ1) is 17.1. The van der Waals surface area contributed by atoms with Gasteiger partial charge in [-0.05, 0) is 126 Å². The van der Waals surface area contributed by atoms with Gasteiger partial charge in [0.05, 0.1) is 36.6 Å². The lowest BCUT2D eigenvalue weighted by atomic mass is 9.65. The van der Waals surface area contributed by atoms with Gasteiger partial charge >= 0.3 is 0 Å². The molecule has 0 aliphatic rings. The van der Waals surface area contributed by atoms with Crippen molar-refractivity contribution in [1.82, 2.24) is 0 Å². The van der Waals surface area contributed by atoms with Crippen LogP contribution in [0.4, 0.5) is 0 Å². The van der Waals surface area contributed by atoms with Crippen LogP contribution >= 0.6 is 0 Å². The third kappa shape index (κ3) is 15.0. The zero-order valence-corrected chi connectivity index (χ0v) is 29.1. The van der Waals surface area contributed by atoms with Gasteiger partial charge in [0.15, 0.2) is 0 Å². The molecule has 6 nitrogen and oxygen atoms in total. The summed E-state index contributed by atoms with van der Waals surface area (Å²) in [6.45, 7) is 36.4. The molecule has 3 atom stereocenters. The highest BCUT2D eigenvalue weighted by molar-refractivity contribution is 4.96. The van der Waals surface area contributed by atoms with Crippen molar-refractivity contribution in [2.75, 3.05) is 19.8 Å². The van der Waals surface area contributed by atoms with E-state index >= 15 is 0 Å². The SMILES string of the molecule is CCC(CC(C)(C)OCC(C)C(C)(C)N)(CC(C)(C)OCC(C)C(C)(C)N)CC(C)(C)OCC(C)C(C)(C)N. The molecule has 6 N–H and O–H groups in total. The van der Waals surface area contributed by atoms with E-state index < -0.39 is 0 Å². The summed E-state index contributed by atoms with van der Waals surface area (Å²) in [5, 5.41) is 0. The Hall–Kier alpha value is -0.240. The molecule has 0 bridgehead atoms. The van der Waals surface area contributed by atoms with Crippen molar-refractivity contribution in [3.8, 4) is 0 Å². The van der Waals surface area contributed by atoms with Crippen LogP contribution in [0, 0.1) is 23.2 Å². The minimum absolute atomic E-state index is 0.0685. The predicted octanol–water partition coefficient (Wildman–Crippen LogP) is 7.06. The number of hydrogen-bond acceptors (Lipinski definition) is 6. The van der Waals surface area contributed by atoms with Crippen LogP contribution in [0.2, 0.25) is 0 Å². The Labute approximate surface area is 244 Å². The molecule has 0 aliphatic carbocycles. The molecule has 0 amide bonds. The lowest BCUT2D eigenvalue weighted by Gasteiger charge is -2.48. The summed E-state index contributed by atoms with van der Waals surface area (Å²) in [4.78, 5) is 0. The summed E-state index contributed by atoms with van der Waals surface area (Å²) in [5.74, 6) is 0.735. The van der Waals surface area contributed by atoms with Gasteiger partial charge in [-0.15, -0.1) is 0 Å². The zero-order chi connectivity index (χ0) is 31.3. The van der Waals surface area contributed by atoms with Crippen molar-refractivity contribution in [2.24, 2.45) is 40.4 Å². The van der Waals surface area contributed by atoms with E-state index in [-0.39, 0.29) is 56.6 Å². The Morgan fingerprint density at radius 3 is 0.821 bits per heavy atom. The lowest BCUT2D eigenvalue weighted by Crippen LogP contribution is -2.48. The summed E-state index contributed by atoms with van der Waals surface area (Å²) in [6.07, 6.45) is 3.67. The Morgan fingerprint density at radius 2 is 0.667 bits per heavy atom. The van der Waals surface area contributed by atoms with Crippen LogP contribution in [0.25, 0.3) is 0 Å². The summed E-state index contributed by atoms with van der Waals surface area (Å²) < 4.78 is 19.8. The van der Waals surface area contributed by atoms with Crippen LogP contribution in [0.5, 0.6) is 0 Å². The highest BCUT2D eigenvalue weighted by atomic mass is 16.5. The fraction of sp³-hybridized carbons (Fsp3) is 1.00. The van der Waals surface area contributed by atoms with Crippen LogP contribution in [-0.2, 0) is 14.2 Å². The zero-order valence-electron chi connectivity index (χ0n) is 29.1. The monoisotopic (exact) mass is 558 g/mol. The highest BCUT2D eigenvalue weighted by Crippen LogP contribution is 2.48. The van der Waals surface area contributed by atoms with Gasteiger partial charge in [0, 0.05) is 16.6 Å². The van der Waals surface area contributed by atoms with Gasteiger partial charge in [0.2, 0.25) is 0 Å². The van der Waals surface area contributed by atoms with E-state index in [2.05, 4.69) is 111 Å². The molecule has 0 radical (unpaired) electrons. The van der Waals surface area contributed by atoms with Crippen LogP contribution in [0.3, 0.4) is 0 Å². The Bertz CT molecular complexity index is 618. The molecular formula is C33H71N3O3. The molecule has 0 aromatic rings. The molecule has 3 unspecified atom stereocenters. The van der Waals surface area contributed by atoms with Crippen molar-refractivity contribution in [1.29, 1.82) is 0 Å². The summed E-state index contributed by atoms with van der Waals surface area (Å²) in [5.41, 5.74) is 17.2. The molecule has 39 heavy (non-hydrogen) atoms. The van der Waals surface area contributed by atoms with Crippen molar-refractivity contribution < 1.29 is 14.2 Å². The molecular weight excluding hydrogens is 486 g/mol. The van der Waals surface area contributed by atoms with Crippen LogP contribution in [0.15, 0.2) is 0 Å². The number of nitrogens with two attached hydrogens (primary N) is 3. The Morgan fingerprint density at radius 1 is 0.462 bits per heavy atom. The first kappa shape index (κ1) is 38.8. The van der Waals surface area contributed by atoms with E-state index in [0.29, 0.717) is 19.8 Å². The molecule has 0 heterocycles. The molecule has 0 aromatic heterocycles. The Balaban J connectivity index is 6.05. The fourth-order valence-electron chi connectivity index (χ4n) is 5.12. The highest BCUT2D eigenvalue weighted by Gasteiger charge is 2.44. The molecule has 0 saturated carbocycles. The first-order valence-electron chi connectivity index (χ1n) is 15.3. The van der Waals surface area contributed by atoms with Gasteiger partial charge < -0.3 is 31.4 Å². The van der Waals surface area contributed by atoms with Crippen LogP contribution < -0.4 is 17.2 Å². The molecule has 0 saturated heterocycles. The molecule has 0 spiro atoms. The quantitative estimate of drug-likeness (QED) is 0.157. The van der Waals surface area contributed by atoms with Gasteiger partial charge in [-0.25, -0.2) is 0 Å². The first-order valence-corrected chi connectivity index (χ1v) is 15.3. The third-order valence-corrected chi connectivity index (χ3v) is 9.13. The van der Waals surface area contributed by atoms with Gasteiger partial charge in [-0.3, -0.25) is 0 Å². The van der Waals surface area contributed by atoms with E-state index in [1.54, 1.807) is 0 Å². The molecule has 0 fully saturated rings. The van der Waals surface area contributed by atoms with Gasteiger partial charge in [-0.2, -0.15) is 0 Å². The van der Waals surface area contributed by atoms with Crippen molar-refractivity contribution in [2.45, 2.75) is 170 Å². The average Bonchev–Trinajstić information content (AvgIpc) is 2.71. The smallest absolute Gasteiger partial charge is 0.0632 e. The minimum atomic E-state index is -0.333. The fourth-order valence-corrected chi connectivity index (χ4v) is 5.12. The minimum Gasteiger partial charge on any atom is -0.375 e. The van der Waals surface area contributed by atoms with E-state index in [0.717, 1.165) is 25.7 Å². The van der Waals surface area contributed by atoms with E-state index in [1.807, 2.05) is 0 Å². The predicted molar refractivity (Wildman–Crippen MR) is 169 cm³/mol. The molecule has 0 rings (SSSR count). The Kier molecular flexibility index (Phi) is 13.7. The second kappa shape index (κ2) is 13.8. The van der Waals surface area contributed by atoms with E-state index in [1.165, 1.54) is 0 Å². The standard InChI is InChI=1S/C33H71N3O3/c1-17-33(21-27(5,6)37-18-24(2)30(11,12)34,22-28(7,8)38-19-25(3)31(13,14)35)23-29(9,10)39-20-26(4)32(15,16)36/h24-26H,17-23,34-36H2,1-16H3. The molecule has 236 valence electrons. The number of ether oxygens (including phenoxy) is 3. The maximum absolute atomic E-state index is 6.60. The summed E-state index contributed by atoms with van der Waals surface area (Å²) in [7, 11) is 0. The van der Waals surface area contributed by atoms with Gasteiger partial charge in [0.1, 0.15) is 0 Å². The van der Waals surface area contributed by atoms with Crippen LogP contribution in [-0.4, -0.2) is 53.2 Å². The second-order valence-electron chi connectivity index (χ2n) is 16.8. The summed E-state index contributed by atoms with van der Waals surface area (Å²) in [6, 6.07) is 0. The average molecular weight is 558 g/mol. The second-order valence-corrected chi connectivity index (χ2v) is 16.8. The molecule has 6 heteroatoms. The maximum Gasteiger partial charge on any atom is 0.0632 e. The van der Waals surface area contributed by atoms with Crippen molar-refractivity contribution >= 4 is 0 Å². The largest absolute Gasteiger partial charge is 0.375 e. The number of hydrogen-bond donors (Lipinski definition) is 3. The van der Waals surface area contributed by atoms with Crippen molar-refractivity contribution in [3.63, 3.8) is 0 Å². The van der Waals surface area contributed by atoms with Crippen molar-refractivity contribution in [3.05, 3.63) is 0 Å². The van der Waals surface area contributed by atoms with Gasteiger partial charge in [0.25, 0.3) is 0 Å².